The fourth-order valence-electron chi connectivity index (χ4n) is 2.64. The third-order valence-corrected chi connectivity index (χ3v) is 3.98. The molecular formula is C20H25NO5. The number of carbonyl (C=O) groups excluding carboxylic acids is 1. The van der Waals surface area contributed by atoms with Crippen LogP contribution in [0.5, 0.6) is 17.2 Å². The lowest BCUT2D eigenvalue weighted by Crippen LogP contribution is -2.33. The van der Waals surface area contributed by atoms with Gasteiger partial charge in [0.25, 0.3) is 5.91 Å². The van der Waals surface area contributed by atoms with E-state index in [0.29, 0.717) is 42.5 Å². The number of amides is 1. The highest BCUT2D eigenvalue weighted by atomic mass is 16.5. The molecule has 0 spiro atoms. The molecule has 0 N–H and O–H groups in total. The Labute approximate surface area is 154 Å². The van der Waals surface area contributed by atoms with Gasteiger partial charge in [0.05, 0.1) is 27.9 Å². The number of benzene rings is 2. The second-order valence-corrected chi connectivity index (χ2v) is 5.62. The largest absolute Gasteiger partial charge is 0.493 e. The Morgan fingerprint density at radius 1 is 0.923 bits per heavy atom. The van der Waals surface area contributed by atoms with Gasteiger partial charge in [0.2, 0.25) is 5.75 Å². The predicted molar refractivity (Wildman–Crippen MR) is 99.2 cm³/mol. The van der Waals surface area contributed by atoms with Gasteiger partial charge in [-0.2, -0.15) is 0 Å². The Balaban J connectivity index is 2.34. The summed E-state index contributed by atoms with van der Waals surface area (Å²) in [6, 6.07) is 13.2. The molecule has 6 nitrogen and oxygen atoms in total. The second kappa shape index (κ2) is 9.68. The maximum atomic E-state index is 13.1. The van der Waals surface area contributed by atoms with Crippen molar-refractivity contribution >= 4 is 5.91 Å². The number of nitrogens with zero attached hydrogens (tertiary/aromatic N) is 1. The van der Waals surface area contributed by atoms with E-state index < -0.39 is 0 Å². The van der Waals surface area contributed by atoms with Crippen molar-refractivity contribution in [1.29, 1.82) is 0 Å². The van der Waals surface area contributed by atoms with Crippen molar-refractivity contribution in [2.45, 2.75) is 6.54 Å². The van der Waals surface area contributed by atoms with Crippen LogP contribution in [0, 0.1) is 0 Å². The van der Waals surface area contributed by atoms with Crippen molar-refractivity contribution < 1.29 is 23.7 Å². The van der Waals surface area contributed by atoms with Crippen molar-refractivity contribution in [3.8, 4) is 17.2 Å². The Morgan fingerprint density at radius 3 is 2.04 bits per heavy atom. The average molecular weight is 359 g/mol. The summed E-state index contributed by atoms with van der Waals surface area (Å²) in [7, 11) is 6.20. The van der Waals surface area contributed by atoms with Gasteiger partial charge in [0.1, 0.15) is 0 Å². The molecule has 0 saturated carbocycles. The molecule has 6 heteroatoms. The Morgan fingerprint density at radius 2 is 1.54 bits per heavy atom. The Kier molecular flexibility index (Phi) is 7.29. The van der Waals surface area contributed by atoms with E-state index in [-0.39, 0.29) is 5.91 Å². The Bertz CT molecular complexity index is 692. The first-order chi connectivity index (χ1) is 12.6. The molecule has 0 atom stereocenters. The third kappa shape index (κ3) is 4.67. The highest BCUT2D eigenvalue weighted by molar-refractivity contribution is 5.95. The van der Waals surface area contributed by atoms with Crippen LogP contribution < -0.4 is 14.2 Å². The van der Waals surface area contributed by atoms with Gasteiger partial charge in [0.15, 0.2) is 11.5 Å². The third-order valence-electron chi connectivity index (χ3n) is 3.98. The molecule has 0 aliphatic carbocycles. The summed E-state index contributed by atoms with van der Waals surface area (Å²) in [6.45, 7) is 1.41. The quantitative estimate of drug-likeness (QED) is 0.689. The van der Waals surface area contributed by atoms with Gasteiger partial charge in [-0.3, -0.25) is 4.79 Å². The summed E-state index contributed by atoms with van der Waals surface area (Å²) in [5.41, 5.74) is 1.51. The van der Waals surface area contributed by atoms with E-state index in [4.69, 9.17) is 18.9 Å². The molecule has 2 aromatic carbocycles. The molecule has 0 saturated heterocycles. The topological polar surface area (TPSA) is 57.2 Å². The zero-order valence-electron chi connectivity index (χ0n) is 15.7. The number of rotatable bonds is 9. The van der Waals surface area contributed by atoms with Crippen LogP contribution in [0.25, 0.3) is 0 Å². The number of hydrogen-bond donors (Lipinski definition) is 0. The molecule has 2 rings (SSSR count). The maximum Gasteiger partial charge on any atom is 0.254 e. The summed E-state index contributed by atoms with van der Waals surface area (Å²) in [6.07, 6.45) is 0. The lowest BCUT2D eigenvalue weighted by atomic mass is 10.1. The van der Waals surface area contributed by atoms with E-state index >= 15 is 0 Å². The van der Waals surface area contributed by atoms with Crippen molar-refractivity contribution in [3.05, 3.63) is 53.6 Å². The molecular weight excluding hydrogens is 334 g/mol. The smallest absolute Gasteiger partial charge is 0.254 e. The van der Waals surface area contributed by atoms with Gasteiger partial charge >= 0.3 is 0 Å². The Hall–Kier alpha value is -2.73. The molecule has 0 aromatic heterocycles. The molecule has 1 amide bonds. The minimum atomic E-state index is -0.134. The van der Waals surface area contributed by atoms with Crippen molar-refractivity contribution in [1.82, 2.24) is 4.90 Å². The highest BCUT2D eigenvalue weighted by Crippen LogP contribution is 2.38. The van der Waals surface area contributed by atoms with E-state index in [1.165, 1.54) is 21.3 Å². The van der Waals surface area contributed by atoms with Gasteiger partial charge in [-0.25, -0.2) is 0 Å². The van der Waals surface area contributed by atoms with Crippen LogP contribution in [0.2, 0.25) is 0 Å². The molecule has 0 bridgehead atoms. The van der Waals surface area contributed by atoms with Crippen molar-refractivity contribution in [2.75, 3.05) is 41.6 Å². The lowest BCUT2D eigenvalue weighted by Gasteiger charge is -2.23. The zero-order valence-corrected chi connectivity index (χ0v) is 15.7. The SMILES string of the molecule is COCCN(Cc1ccccc1)C(=O)c1cc(OC)c(OC)c(OC)c1. The summed E-state index contributed by atoms with van der Waals surface area (Å²) >= 11 is 0. The highest BCUT2D eigenvalue weighted by Gasteiger charge is 2.21. The number of ether oxygens (including phenoxy) is 4. The van der Waals surface area contributed by atoms with E-state index in [1.54, 1.807) is 24.1 Å². The van der Waals surface area contributed by atoms with E-state index in [2.05, 4.69) is 0 Å². The van der Waals surface area contributed by atoms with Gasteiger partial charge in [-0.05, 0) is 17.7 Å². The molecule has 0 unspecified atom stereocenters. The molecule has 140 valence electrons. The second-order valence-electron chi connectivity index (χ2n) is 5.62. The van der Waals surface area contributed by atoms with Crippen molar-refractivity contribution in [3.63, 3.8) is 0 Å². The fraction of sp³-hybridized carbons (Fsp3) is 0.350. The summed E-state index contributed by atoms with van der Waals surface area (Å²) < 4.78 is 21.2. The zero-order chi connectivity index (χ0) is 18.9. The average Bonchev–Trinajstić information content (AvgIpc) is 2.70. The minimum absolute atomic E-state index is 0.134. The molecule has 0 radical (unpaired) electrons. The van der Waals surface area contributed by atoms with Gasteiger partial charge in [-0.15, -0.1) is 0 Å². The lowest BCUT2D eigenvalue weighted by molar-refractivity contribution is 0.0679. The molecule has 0 aliphatic heterocycles. The van der Waals surface area contributed by atoms with Gasteiger partial charge in [-0.1, -0.05) is 30.3 Å². The molecule has 26 heavy (non-hydrogen) atoms. The van der Waals surface area contributed by atoms with E-state index in [1.807, 2.05) is 30.3 Å². The van der Waals surface area contributed by atoms with Crippen LogP contribution in [-0.4, -0.2) is 52.4 Å². The minimum Gasteiger partial charge on any atom is -0.493 e. The van der Waals surface area contributed by atoms with Gasteiger partial charge < -0.3 is 23.8 Å². The predicted octanol–water partition coefficient (Wildman–Crippen LogP) is 3.00. The number of methoxy groups -OCH3 is 4. The fourth-order valence-corrected chi connectivity index (χ4v) is 2.64. The summed E-state index contributed by atoms with van der Waals surface area (Å²) in [5, 5.41) is 0. The first kappa shape index (κ1) is 19.6. The van der Waals surface area contributed by atoms with Crippen LogP contribution in [0.3, 0.4) is 0 Å². The van der Waals surface area contributed by atoms with Crippen molar-refractivity contribution in [2.24, 2.45) is 0 Å². The summed E-state index contributed by atoms with van der Waals surface area (Å²) in [5.74, 6) is 1.21. The standard InChI is InChI=1S/C20H25NO5/c1-23-11-10-21(14-15-8-6-5-7-9-15)20(22)16-12-17(24-2)19(26-4)18(13-16)25-3/h5-9,12-13H,10-11,14H2,1-4H3. The van der Waals surface area contributed by atoms with E-state index in [0.717, 1.165) is 5.56 Å². The maximum absolute atomic E-state index is 13.1. The first-order valence-corrected chi connectivity index (χ1v) is 8.26. The molecule has 0 heterocycles. The normalized spacial score (nSPS) is 10.3. The van der Waals surface area contributed by atoms with E-state index in [9.17, 15) is 4.79 Å². The molecule has 0 aliphatic rings. The van der Waals surface area contributed by atoms with Crippen LogP contribution in [-0.2, 0) is 11.3 Å². The van der Waals surface area contributed by atoms with Crippen LogP contribution in [0.4, 0.5) is 0 Å². The first-order valence-electron chi connectivity index (χ1n) is 8.26. The molecule has 0 fully saturated rings. The number of hydrogen-bond acceptors (Lipinski definition) is 5. The monoisotopic (exact) mass is 359 g/mol. The van der Waals surface area contributed by atoms with Gasteiger partial charge in [0, 0.05) is 25.8 Å². The van der Waals surface area contributed by atoms with Crippen LogP contribution >= 0.6 is 0 Å². The van der Waals surface area contributed by atoms with Crippen LogP contribution in [0.1, 0.15) is 15.9 Å². The number of carbonyl (C=O) groups is 1. The van der Waals surface area contributed by atoms with Crippen LogP contribution in [0.15, 0.2) is 42.5 Å². The molecule has 2 aromatic rings. The summed E-state index contributed by atoms with van der Waals surface area (Å²) in [4.78, 5) is 14.8.